The van der Waals surface area contributed by atoms with Crippen molar-refractivity contribution in [3.8, 4) is 0 Å². The zero-order chi connectivity index (χ0) is 21.6. The Balaban J connectivity index is 1.44. The maximum atomic E-state index is 12.5. The average Bonchev–Trinajstić information content (AvgIpc) is 3.19. The van der Waals surface area contributed by atoms with Crippen molar-refractivity contribution in [1.82, 2.24) is 15.5 Å². The number of rotatable bonds is 7. The first-order valence-electron chi connectivity index (χ1n) is 8.57. The normalized spacial score (nSPS) is 11.2. The van der Waals surface area contributed by atoms with E-state index in [0.717, 1.165) is 23.9 Å². The molecule has 0 atom stereocenters. The quantitative estimate of drug-likeness (QED) is 0.548. The summed E-state index contributed by atoms with van der Waals surface area (Å²) in [5, 5.41) is 12.8. The van der Waals surface area contributed by atoms with E-state index in [0.29, 0.717) is 5.56 Å². The van der Waals surface area contributed by atoms with Crippen LogP contribution < -0.4 is 10.6 Å². The van der Waals surface area contributed by atoms with E-state index in [1.807, 2.05) is 0 Å². The molecule has 1 aromatic heterocycles. The first-order valence-corrected chi connectivity index (χ1v) is 9.55. The van der Waals surface area contributed by atoms with Crippen molar-refractivity contribution in [1.29, 1.82) is 0 Å². The van der Waals surface area contributed by atoms with Crippen LogP contribution in [0.3, 0.4) is 0 Å². The summed E-state index contributed by atoms with van der Waals surface area (Å²) in [6.45, 7) is 0.0268. The molecule has 0 aliphatic rings. The number of nitrogens with zero attached hydrogens (tertiary/aromatic N) is 2. The molecule has 3 rings (SSSR count). The lowest BCUT2D eigenvalue weighted by atomic mass is 10.2. The van der Waals surface area contributed by atoms with Gasteiger partial charge >= 0.3 is 6.18 Å². The molecule has 1 heterocycles. The molecular formula is C19H15F3N4O3S. The fourth-order valence-corrected chi connectivity index (χ4v) is 2.86. The largest absolute Gasteiger partial charge is 0.416 e. The number of hydrogen-bond acceptors (Lipinski definition) is 6. The fraction of sp³-hybridized carbons (Fsp3) is 0.158. The second-order valence-electron chi connectivity index (χ2n) is 5.92. The summed E-state index contributed by atoms with van der Waals surface area (Å²) in [7, 11) is 0. The predicted octanol–water partition coefficient (Wildman–Crippen LogP) is 3.75. The van der Waals surface area contributed by atoms with E-state index >= 15 is 0 Å². The highest BCUT2D eigenvalue weighted by Crippen LogP contribution is 2.29. The van der Waals surface area contributed by atoms with Crippen molar-refractivity contribution in [3.05, 3.63) is 71.6 Å². The monoisotopic (exact) mass is 436 g/mol. The van der Waals surface area contributed by atoms with E-state index in [4.69, 9.17) is 4.42 Å². The highest BCUT2D eigenvalue weighted by atomic mass is 32.2. The van der Waals surface area contributed by atoms with Crippen molar-refractivity contribution in [3.63, 3.8) is 0 Å². The molecule has 30 heavy (non-hydrogen) atoms. The van der Waals surface area contributed by atoms with Gasteiger partial charge in [-0.2, -0.15) is 13.2 Å². The number of thioether (sulfide) groups is 1. The molecule has 3 aromatic rings. The average molecular weight is 436 g/mol. The first-order chi connectivity index (χ1) is 14.3. The van der Waals surface area contributed by atoms with Crippen molar-refractivity contribution in [2.75, 3.05) is 11.1 Å². The van der Waals surface area contributed by atoms with Gasteiger partial charge in [0.25, 0.3) is 11.1 Å². The van der Waals surface area contributed by atoms with Gasteiger partial charge in [0.15, 0.2) is 0 Å². The van der Waals surface area contributed by atoms with Crippen molar-refractivity contribution < 1.29 is 27.2 Å². The third kappa shape index (κ3) is 6.08. The number of hydrogen-bond donors (Lipinski definition) is 2. The lowest BCUT2D eigenvalue weighted by Gasteiger charge is -2.08. The number of amides is 2. The van der Waals surface area contributed by atoms with Crippen molar-refractivity contribution >= 4 is 29.3 Å². The first kappa shape index (κ1) is 21.4. The van der Waals surface area contributed by atoms with Crippen LogP contribution in [0.5, 0.6) is 0 Å². The van der Waals surface area contributed by atoms with E-state index in [1.54, 1.807) is 30.3 Å². The van der Waals surface area contributed by atoms with Gasteiger partial charge in [0, 0.05) is 11.3 Å². The van der Waals surface area contributed by atoms with E-state index < -0.39 is 17.6 Å². The summed E-state index contributed by atoms with van der Waals surface area (Å²) in [5.41, 5.74) is -0.0670. The molecule has 0 fully saturated rings. The molecule has 0 bridgehead atoms. The van der Waals surface area contributed by atoms with Crippen molar-refractivity contribution in [2.45, 2.75) is 17.9 Å². The Morgan fingerprint density at radius 3 is 2.37 bits per heavy atom. The Kier molecular flexibility index (Phi) is 6.72. The van der Waals surface area contributed by atoms with Gasteiger partial charge in [0.1, 0.15) is 0 Å². The summed E-state index contributed by atoms with van der Waals surface area (Å²) in [6, 6.07) is 12.7. The predicted molar refractivity (Wildman–Crippen MR) is 103 cm³/mol. The number of carbonyl (C=O) groups is 2. The summed E-state index contributed by atoms with van der Waals surface area (Å²) in [4.78, 5) is 23.9. The summed E-state index contributed by atoms with van der Waals surface area (Å²) in [5.74, 6) is -0.653. The Morgan fingerprint density at radius 2 is 1.70 bits per heavy atom. The number of aromatic nitrogens is 2. The SMILES string of the molecule is O=C(CSc1nnc(CNC(=O)c2ccccc2)o1)Nc1ccc(C(F)(F)F)cc1. The number of alkyl halides is 3. The van der Waals surface area contributed by atoms with Gasteiger partial charge in [-0.1, -0.05) is 30.0 Å². The molecule has 7 nitrogen and oxygen atoms in total. The van der Waals surface area contributed by atoms with Crippen LogP contribution >= 0.6 is 11.8 Å². The molecule has 0 radical (unpaired) electrons. The van der Waals surface area contributed by atoms with Crippen LogP contribution in [0, 0.1) is 0 Å². The van der Waals surface area contributed by atoms with E-state index in [9.17, 15) is 22.8 Å². The van der Waals surface area contributed by atoms with Crippen LogP contribution in [-0.4, -0.2) is 27.8 Å². The molecule has 0 spiro atoms. The standard InChI is InChI=1S/C19H15F3N4O3S/c20-19(21,22)13-6-8-14(9-7-13)24-15(27)11-30-18-26-25-16(29-18)10-23-17(28)12-4-2-1-3-5-12/h1-9H,10-11H2,(H,23,28)(H,24,27). The van der Waals surface area contributed by atoms with Gasteiger partial charge < -0.3 is 15.1 Å². The van der Waals surface area contributed by atoms with Crippen LogP contribution in [0.2, 0.25) is 0 Å². The van der Waals surface area contributed by atoms with Gasteiger partial charge in [-0.25, -0.2) is 0 Å². The van der Waals surface area contributed by atoms with Crippen LogP contribution in [0.4, 0.5) is 18.9 Å². The maximum Gasteiger partial charge on any atom is 0.416 e. The molecule has 2 N–H and O–H groups in total. The number of benzene rings is 2. The molecule has 0 saturated carbocycles. The summed E-state index contributed by atoms with van der Waals surface area (Å²) in [6.07, 6.45) is -4.44. The van der Waals surface area contributed by atoms with Gasteiger partial charge in [0.2, 0.25) is 11.8 Å². The number of halogens is 3. The lowest BCUT2D eigenvalue weighted by Crippen LogP contribution is -2.22. The summed E-state index contributed by atoms with van der Waals surface area (Å²) < 4.78 is 43.0. The van der Waals surface area contributed by atoms with Crippen LogP contribution in [0.15, 0.2) is 64.2 Å². The van der Waals surface area contributed by atoms with Crippen LogP contribution in [0.1, 0.15) is 21.8 Å². The smallest absolute Gasteiger partial charge is 0.414 e. The third-order valence-electron chi connectivity index (χ3n) is 3.71. The zero-order valence-corrected chi connectivity index (χ0v) is 16.1. The molecular weight excluding hydrogens is 421 g/mol. The maximum absolute atomic E-state index is 12.5. The Bertz CT molecular complexity index is 1010. The molecule has 0 saturated heterocycles. The van der Waals surface area contributed by atoms with Crippen LogP contribution in [-0.2, 0) is 17.5 Å². The second-order valence-corrected chi connectivity index (χ2v) is 6.85. The number of carbonyl (C=O) groups excluding carboxylic acids is 2. The van der Waals surface area contributed by atoms with Gasteiger partial charge in [-0.15, -0.1) is 10.2 Å². The van der Waals surface area contributed by atoms with E-state index in [1.165, 1.54) is 12.1 Å². The minimum absolute atomic E-state index is 0.0268. The molecule has 11 heteroatoms. The number of nitrogens with one attached hydrogen (secondary N) is 2. The zero-order valence-electron chi connectivity index (χ0n) is 15.3. The highest BCUT2D eigenvalue weighted by Gasteiger charge is 2.30. The molecule has 2 aromatic carbocycles. The van der Waals surface area contributed by atoms with Gasteiger partial charge in [-0.3, -0.25) is 9.59 Å². The van der Waals surface area contributed by atoms with E-state index in [2.05, 4.69) is 20.8 Å². The lowest BCUT2D eigenvalue weighted by molar-refractivity contribution is -0.137. The minimum Gasteiger partial charge on any atom is -0.414 e. The van der Waals surface area contributed by atoms with Crippen LogP contribution in [0.25, 0.3) is 0 Å². The van der Waals surface area contributed by atoms with Gasteiger partial charge in [-0.05, 0) is 36.4 Å². The molecule has 0 aliphatic carbocycles. The highest BCUT2D eigenvalue weighted by molar-refractivity contribution is 7.99. The van der Waals surface area contributed by atoms with E-state index in [-0.39, 0.29) is 35.0 Å². The number of anilines is 1. The van der Waals surface area contributed by atoms with Gasteiger partial charge in [0.05, 0.1) is 17.9 Å². The topological polar surface area (TPSA) is 97.1 Å². The third-order valence-corrected chi connectivity index (χ3v) is 4.53. The molecule has 0 unspecified atom stereocenters. The Morgan fingerprint density at radius 1 is 1.00 bits per heavy atom. The fourth-order valence-electron chi connectivity index (χ4n) is 2.28. The summed E-state index contributed by atoms with van der Waals surface area (Å²) >= 11 is 0.962. The second kappa shape index (κ2) is 9.44. The molecule has 2 amide bonds. The van der Waals surface area contributed by atoms with Crippen molar-refractivity contribution in [2.24, 2.45) is 0 Å². The minimum atomic E-state index is -4.44. The molecule has 156 valence electrons. The Labute approximate surface area is 173 Å². The molecule has 0 aliphatic heterocycles. The Hall–Kier alpha value is -3.34.